The normalized spacial score (nSPS) is 27.4. The summed E-state index contributed by atoms with van der Waals surface area (Å²) in [6.07, 6.45) is 6.01. The summed E-state index contributed by atoms with van der Waals surface area (Å²) in [5, 5.41) is 13.6. The molecule has 236 valence electrons. The second kappa shape index (κ2) is 13.9. The van der Waals surface area contributed by atoms with Gasteiger partial charge in [-0.25, -0.2) is 9.18 Å². The van der Waals surface area contributed by atoms with Gasteiger partial charge in [0, 0.05) is 30.3 Å². The number of hydrogen-bond acceptors (Lipinski definition) is 8. The third-order valence-corrected chi connectivity index (χ3v) is 9.52. The first kappa shape index (κ1) is 31.7. The van der Waals surface area contributed by atoms with E-state index in [0.717, 1.165) is 58.2 Å². The summed E-state index contributed by atoms with van der Waals surface area (Å²) in [6.45, 7) is 8.14. The molecule has 5 atom stereocenters. The highest BCUT2D eigenvalue weighted by Crippen LogP contribution is 2.41. The Labute approximate surface area is 257 Å². The van der Waals surface area contributed by atoms with Gasteiger partial charge in [0.25, 0.3) is 0 Å². The van der Waals surface area contributed by atoms with Crippen LogP contribution in [0.25, 0.3) is 10.9 Å². The number of carboxylic acid groups (broad SMARTS) is 1. The summed E-state index contributed by atoms with van der Waals surface area (Å²) < 4.78 is 26.3. The molecular weight excluding hydrogens is 577 g/mol. The number of alkyl halides is 1. The van der Waals surface area contributed by atoms with E-state index in [9.17, 15) is 14.7 Å². The van der Waals surface area contributed by atoms with Gasteiger partial charge in [-0.3, -0.25) is 9.69 Å². The summed E-state index contributed by atoms with van der Waals surface area (Å²) in [6, 6.07) is 3.62. The first-order valence-corrected chi connectivity index (χ1v) is 16.0. The molecule has 2 aromatic rings. The number of likely N-dealkylation sites (tertiary alicyclic amines) is 1. The molecule has 1 aromatic carbocycles. The molecule has 5 rings (SSSR count). The number of carbonyl (C=O) groups excluding carboxylic acids is 1. The quantitative estimate of drug-likeness (QED) is 0.189. The molecule has 4 unspecified atom stereocenters. The topological polar surface area (TPSA) is 117 Å². The molecule has 0 saturated carbocycles. The van der Waals surface area contributed by atoms with Crippen LogP contribution in [0, 0.1) is 11.2 Å². The first-order valence-electron chi connectivity index (χ1n) is 15.5. The molecule has 0 aliphatic carbocycles. The highest BCUT2D eigenvalue weighted by molar-refractivity contribution is 6.21. The van der Waals surface area contributed by atoms with Gasteiger partial charge in [0.15, 0.2) is 0 Å². The number of nitrogens with zero attached hydrogens (tertiary/aromatic N) is 4. The Morgan fingerprint density at radius 2 is 2.02 bits per heavy atom. The lowest BCUT2D eigenvalue weighted by Crippen LogP contribution is -2.56. The molecule has 10 nitrogen and oxygen atoms in total. The maximum Gasteiger partial charge on any atom is 0.407 e. The maximum atomic E-state index is 15.0. The number of ether oxygens (including phenoxy) is 2. The number of amides is 1. The number of halogens is 2. The summed E-state index contributed by atoms with van der Waals surface area (Å²) in [7, 11) is 0. The third kappa shape index (κ3) is 7.32. The predicted molar refractivity (Wildman–Crippen MR) is 161 cm³/mol. The minimum atomic E-state index is -1.02. The number of rotatable bonds is 12. The van der Waals surface area contributed by atoms with Gasteiger partial charge in [-0.15, -0.1) is 11.6 Å². The van der Waals surface area contributed by atoms with Gasteiger partial charge in [-0.2, -0.15) is 9.97 Å². The molecule has 0 spiro atoms. The summed E-state index contributed by atoms with van der Waals surface area (Å²) in [4.78, 5) is 36.8. The van der Waals surface area contributed by atoms with Crippen molar-refractivity contribution in [2.24, 2.45) is 5.41 Å². The predicted octanol–water partition coefficient (Wildman–Crippen LogP) is 5.14. The molecule has 3 aliphatic heterocycles. The molecule has 2 bridgehead atoms. The molecule has 1 amide bonds. The van der Waals surface area contributed by atoms with Crippen molar-refractivity contribution in [3.05, 3.63) is 29.7 Å². The van der Waals surface area contributed by atoms with Crippen LogP contribution in [-0.2, 0) is 9.53 Å². The van der Waals surface area contributed by atoms with Crippen LogP contribution in [0.1, 0.15) is 76.9 Å². The summed E-state index contributed by atoms with van der Waals surface area (Å²) in [5.74, 6) is -0.596. The zero-order valence-corrected chi connectivity index (χ0v) is 25.8. The number of esters is 1. The van der Waals surface area contributed by atoms with E-state index in [1.54, 1.807) is 12.1 Å². The van der Waals surface area contributed by atoms with Gasteiger partial charge in [-0.1, -0.05) is 31.9 Å². The van der Waals surface area contributed by atoms with Gasteiger partial charge in [0.2, 0.25) is 0 Å². The Hall–Kier alpha value is -2.76. The SMILES string of the molecule is CCOC(=O)CCCCCCN1CCC[C@@](C)(COc2nc(C3NCC4C(Cl)CC3N4C(=O)O)c3cccc(F)c3n2)C1. The van der Waals surface area contributed by atoms with Crippen LogP contribution < -0.4 is 10.1 Å². The van der Waals surface area contributed by atoms with Crippen molar-refractivity contribution in [3.8, 4) is 6.01 Å². The van der Waals surface area contributed by atoms with E-state index in [1.165, 1.54) is 11.0 Å². The van der Waals surface area contributed by atoms with Crippen LogP contribution in [0.2, 0.25) is 0 Å². The zero-order valence-electron chi connectivity index (χ0n) is 25.1. The molecule has 0 radical (unpaired) electrons. The van der Waals surface area contributed by atoms with Crippen LogP contribution >= 0.6 is 11.6 Å². The van der Waals surface area contributed by atoms with Crippen molar-refractivity contribution in [2.75, 3.05) is 39.4 Å². The number of para-hydroxylation sites is 1. The van der Waals surface area contributed by atoms with E-state index in [4.69, 9.17) is 26.1 Å². The maximum absolute atomic E-state index is 15.0. The fourth-order valence-electron chi connectivity index (χ4n) is 6.98. The number of fused-ring (bicyclic) bond motifs is 3. The van der Waals surface area contributed by atoms with E-state index in [-0.39, 0.29) is 34.3 Å². The second-order valence-electron chi connectivity index (χ2n) is 12.4. The van der Waals surface area contributed by atoms with Crippen LogP contribution in [-0.4, -0.2) is 93.8 Å². The van der Waals surface area contributed by atoms with E-state index in [2.05, 4.69) is 22.1 Å². The minimum Gasteiger partial charge on any atom is -0.466 e. The molecule has 12 heteroatoms. The van der Waals surface area contributed by atoms with Crippen molar-refractivity contribution >= 4 is 34.6 Å². The molecule has 3 aliphatic rings. The molecule has 4 heterocycles. The first-order chi connectivity index (χ1) is 20.7. The van der Waals surface area contributed by atoms with Crippen molar-refractivity contribution in [2.45, 2.75) is 88.7 Å². The van der Waals surface area contributed by atoms with Crippen LogP contribution in [0.5, 0.6) is 6.01 Å². The fourth-order valence-corrected chi connectivity index (χ4v) is 7.37. The smallest absolute Gasteiger partial charge is 0.407 e. The van der Waals surface area contributed by atoms with Crippen LogP contribution in [0.15, 0.2) is 18.2 Å². The molecule has 3 saturated heterocycles. The standard InChI is InChI=1S/C31H43ClFN5O5/c1-3-42-25(39)12-6-4-5-7-14-37-15-9-13-31(2,18-37)19-43-29-35-26-20(10-8-11-22(26)33)27(36-29)28-23-16-21(32)24(17-34-28)38(23)30(40)41/h8,10-11,21,23-24,28,34H,3-7,9,12-19H2,1-2H3,(H,40,41)/t21?,23?,24?,28?,31-/m1/s1. The van der Waals surface area contributed by atoms with Gasteiger partial charge >= 0.3 is 18.1 Å². The molecule has 3 fully saturated rings. The Morgan fingerprint density at radius 3 is 2.81 bits per heavy atom. The van der Waals surface area contributed by atoms with Gasteiger partial charge < -0.3 is 24.8 Å². The number of piperazine rings is 1. The fraction of sp³-hybridized carbons (Fsp3) is 0.677. The highest BCUT2D eigenvalue weighted by atomic mass is 35.5. The second-order valence-corrected chi connectivity index (χ2v) is 13.0. The highest BCUT2D eigenvalue weighted by Gasteiger charge is 2.51. The number of benzene rings is 1. The number of piperidine rings is 1. The number of unbranched alkanes of at least 4 members (excludes halogenated alkanes) is 3. The van der Waals surface area contributed by atoms with Crippen molar-refractivity contribution < 1.29 is 28.6 Å². The van der Waals surface area contributed by atoms with Gasteiger partial charge in [-0.05, 0) is 58.2 Å². The lowest BCUT2D eigenvalue weighted by atomic mass is 9.82. The van der Waals surface area contributed by atoms with Crippen molar-refractivity contribution in [3.63, 3.8) is 0 Å². The van der Waals surface area contributed by atoms with E-state index in [0.29, 0.717) is 43.7 Å². The van der Waals surface area contributed by atoms with Gasteiger partial charge in [0.05, 0.1) is 42.4 Å². The van der Waals surface area contributed by atoms with Crippen LogP contribution in [0.3, 0.4) is 0 Å². The Bertz CT molecular complexity index is 1300. The Balaban J connectivity index is 1.24. The number of nitrogens with one attached hydrogen (secondary N) is 1. The number of hydrogen-bond donors (Lipinski definition) is 2. The van der Waals surface area contributed by atoms with Crippen molar-refractivity contribution in [1.82, 2.24) is 25.1 Å². The minimum absolute atomic E-state index is 0.0961. The monoisotopic (exact) mass is 619 g/mol. The Kier molecular flexibility index (Phi) is 10.2. The lowest BCUT2D eigenvalue weighted by Gasteiger charge is -2.40. The van der Waals surface area contributed by atoms with E-state index in [1.807, 2.05) is 6.92 Å². The van der Waals surface area contributed by atoms with Gasteiger partial charge in [0.1, 0.15) is 11.3 Å². The van der Waals surface area contributed by atoms with Crippen molar-refractivity contribution in [1.29, 1.82) is 0 Å². The number of aromatic nitrogens is 2. The molecule has 1 aromatic heterocycles. The largest absolute Gasteiger partial charge is 0.466 e. The van der Waals surface area contributed by atoms with Crippen LogP contribution in [0.4, 0.5) is 9.18 Å². The average molecular weight is 620 g/mol. The summed E-state index contributed by atoms with van der Waals surface area (Å²) >= 11 is 6.53. The summed E-state index contributed by atoms with van der Waals surface area (Å²) in [5.41, 5.74) is 0.564. The molecule has 43 heavy (non-hydrogen) atoms. The third-order valence-electron chi connectivity index (χ3n) is 9.05. The number of carbonyl (C=O) groups is 2. The molecular formula is C31H43ClFN5O5. The van der Waals surface area contributed by atoms with E-state index >= 15 is 4.39 Å². The van der Waals surface area contributed by atoms with E-state index < -0.39 is 24.0 Å². The lowest BCUT2D eigenvalue weighted by molar-refractivity contribution is -0.143. The average Bonchev–Trinajstić information content (AvgIpc) is 3.21. The molecule has 2 N–H and O–H groups in total. The zero-order chi connectivity index (χ0) is 30.6. The Morgan fingerprint density at radius 1 is 1.21 bits per heavy atom.